The maximum absolute atomic E-state index is 12.0. The number of pyridine rings is 1. The molecule has 0 unspecified atom stereocenters. The molecule has 2 N–H and O–H groups in total. The van der Waals surface area contributed by atoms with Gasteiger partial charge in [0.2, 0.25) is 0 Å². The highest BCUT2D eigenvalue weighted by Gasteiger charge is 2.09. The molecule has 1 aromatic heterocycles. The van der Waals surface area contributed by atoms with Crippen LogP contribution in [0, 0.1) is 10.1 Å². The number of ether oxygens (including phenoxy) is 1. The van der Waals surface area contributed by atoms with Gasteiger partial charge in [0, 0.05) is 35.8 Å². The summed E-state index contributed by atoms with van der Waals surface area (Å²) in [5.41, 5.74) is 3.76. The van der Waals surface area contributed by atoms with Gasteiger partial charge in [-0.3, -0.25) is 24.7 Å². The van der Waals surface area contributed by atoms with Crippen molar-refractivity contribution in [3.05, 3.63) is 94.3 Å². The number of hydrogen-bond donors (Lipinski definition) is 2. The van der Waals surface area contributed by atoms with Crippen LogP contribution in [0.25, 0.3) is 0 Å². The van der Waals surface area contributed by atoms with Gasteiger partial charge in [-0.25, -0.2) is 5.43 Å². The Balaban J connectivity index is 1.47. The molecule has 0 spiro atoms. The molecular formula is C21H17N5O5. The lowest BCUT2D eigenvalue weighted by Gasteiger charge is -2.07. The summed E-state index contributed by atoms with van der Waals surface area (Å²) in [7, 11) is 0. The van der Waals surface area contributed by atoms with Gasteiger partial charge in [0.15, 0.2) is 6.61 Å². The molecule has 0 atom stereocenters. The third-order valence-corrected chi connectivity index (χ3v) is 3.91. The maximum Gasteiger partial charge on any atom is 0.271 e. The van der Waals surface area contributed by atoms with E-state index in [2.05, 4.69) is 20.8 Å². The number of carbonyl (C=O) groups is 2. The van der Waals surface area contributed by atoms with Crippen LogP contribution in [0.15, 0.2) is 78.2 Å². The fraction of sp³-hybridized carbons (Fsp3) is 0.0476. The predicted octanol–water partition coefficient (Wildman–Crippen LogP) is 2.77. The third-order valence-electron chi connectivity index (χ3n) is 3.91. The Labute approximate surface area is 176 Å². The number of hydrogen-bond acceptors (Lipinski definition) is 7. The van der Waals surface area contributed by atoms with Gasteiger partial charge in [0.05, 0.1) is 11.1 Å². The van der Waals surface area contributed by atoms with E-state index in [-0.39, 0.29) is 18.2 Å². The molecule has 0 aliphatic rings. The van der Waals surface area contributed by atoms with E-state index in [9.17, 15) is 19.7 Å². The molecule has 0 bridgehead atoms. The fourth-order valence-electron chi connectivity index (χ4n) is 2.43. The highest BCUT2D eigenvalue weighted by atomic mass is 16.6. The summed E-state index contributed by atoms with van der Waals surface area (Å²) < 4.78 is 5.41. The number of amides is 2. The average molecular weight is 419 g/mol. The van der Waals surface area contributed by atoms with Gasteiger partial charge in [0.1, 0.15) is 5.75 Å². The van der Waals surface area contributed by atoms with Crippen LogP contribution < -0.4 is 15.5 Å². The SMILES string of the molecule is O=C(COc1ccc(/C=N/NC(=O)c2ccncc2)cc1)Nc1cccc([N+](=O)[O-])c1. The average Bonchev–Trinajstić information content (AvgIpc) is 2.79. The van der Waals surface area contributed by atoms with Crippen molar-refractivity contribution in [3.8, 4) is 5.75 Å². The highest BCUT2D eigenvalue weighted by Crippen LogP contribution is 2.17. The first-order chi connectivity index (χ1) is 15.0. The van der Waals surface area contributed by atoms with Crippen LogP contribution in [0.5, 0.6) is 5.75 Å². The van der Waals surface area contributed by atoms with E-state index in [1.54, 1.807) is 42.5 Å². The number of carbonyl (C=O) groups excluding carboxylic acids is 2. The molecule has 0 saturated carbocycles. The smallest absolute Gasteiger partial charge is 0.271 e. The molecule has 0 saturated heterocycles. The standard InChI is InChI=1S/C21H17N5O5/c27-20(24-17-2-1-3-18(12-17)26(29)30)14-31-19-6-4-15(5-7-19)13-23-25-21(28)16-8-10-22-11-9-16/h1-13H,14H2,(H,24,27)(H,25,28)/b23-13+. The number of nitro benzene ring substituents is 1. The third kappa shape index (κ3) is 6.46. The summed E-state index contributed by atoms with van der Waals surface area (Å²) in [6.07, 6.45) is 4.50. The number of nitrogens with one attached hydrogen (secondary N) is 2. The minimum atomic E-state index is -0.540. The molecular weight excluding hydrogens is 402 g/mol. The molecule has 10 nitrogen and oxygen atoms in total. The van der Waals surface area contributed by atoms with Crippen molar-refractivity contribution in [2.75, 3.05) is 11.9 Å². The van der Waals surface area contributed by atoms with Gasteiger partial charge in [0.25, 0.3) is 17.5 Å². The molecule has 2 amide bonds. The highest BCUT2D eigenvalue weighted by molar-refractivity contribution is 5.94. The lowest BCUT2D eigenvalue weighted by atomic mass is 10.2. The lowest BCUT2D eigenvalue weighted by Crippen LogP contribution is -2.20. The number of aromatic nitrogens is 1. The molecule has 3 aromatic rings. The number of non-ortho nitro benzene ring substituents is 1. The van der Waals surface area contributed by atoms with Crippen LogP contribution in [-0.2, 0) is 4.79 Å². The van der Waals surface area contributed by atoms with Gasteiger partial charge in [-0.2, -0.15) is 5.10 Å². The van der Waals surface area contributed by atoms with Crippen molar-refractivity contribution in [2.45, 2.75) is 0 Å². The number of benzene rings is 2. The van der Waals surface area contributed by atoms with Crippen molar-refractivity contribution in [2.24, 2.45) is 5.10 Å². The van der Waals surface area contributed by atoms with E-state index in [1.807, 2.05) is 0 Å². The summed E-state index contributed by atoms with van der Waals surface area (Å²) in [5, 5.41) is 17.2. The summed E-state index contributed by atoms with van der Waals surface area (Å²) in [6.45, 7) is -0.266. The Morgan fingerprint density at radius 1 is 1.10 bits per heavy atom. The van der Waals surface area contributed by atoms with Crippen LogP contribution in [0.1, 0.15) is 15.9 Å². The molecule has 31 heavy (non-hydrogen) atoms. The second-order valence-corrected chi connectivity index (χ2v) is 6.15. The normalized spacial score (nSPS) is 10.5. The summed E-state index contributed by atoms with van der Waals surface area (Å²) >= 11 is 0. The summed E-state index contributed by atoms with van der Waals surface area (Å²) in [4.78, 5) is 37.9. The van der Waals surface area contributed by atoms with Crippen molar-refractivity contribution in [1.29, 1.82) is 0 Å². The van der Waals surface area contributed by atoms with E-state index in [0.29, 0.717) is 22.6 Å². The van der Waals surface area contributed by atoms with Gasteiger partial charge in [-0.1, -0.05) is 6.07 Å². The van der Waals surface area contributed by atoms with E-state index in [1.165, 1.54) is 36.8 Å². The van der Waals surface area contributed by atoms with Crippen molar-refractivity contribution >= 4 is 29.4 Å². The van der Waals surface area contributed by atoms with Crippen molar-refractivity contribution in [3.63, 3.8) is 0 Å². The molecule has 1 heterocycles. The second-order valence-electron chi connectivity index (χ2n) is 6.15. The van der Waals surface area contributed by atoms with E-state index in [0.717, 1.165) is 0 Å². The molecule has 156 valence electrons. The second kappa shape index (κ2) is 10.3. The van der Waals surface area contributed by atoms with Crippen molar-refractivity contribution in [1.82, 2.24) is 10.4 Å². The van der Waals surface area contributed by atoms with Crippen molar-refractivity contribution < 1.29 is 19.2 Å². The Morgan fingerprint density at radius 3 is 2.55 bits per heavy atom. The largest absolute Gasteiger partial charge is 0.484 e. The number of nitro groups is 1. The number of hydrazone groups is 1. The van der Waals surface area contributed by atoms with Crippen LogP contribution >= 0.6 is 0 Å². The van der Waals surface area contributed by atoms with Crippen LogP contribution in [0.2, 0.25) is 0 Å². The quantitative estimate of drug-likeness (QED) is 0.327. The minimum Gasteiger partial charge on any atom is -0.484 e. The summed E-state index contributed by atoms with van der Waals surface area (Å²) in [6, 6.07) is 15.5. The molecule has 2 aromatic carbocycles. The van der Waals surface area contributed by atoms with Crippen LogP contribution in [0.3, 0.4) is 0 Å². The molecule has 10 heteroatoms. The lowest BCUT2D eigenvalue weighted by molar-refractivity contribution is -0.384. The van der Waals surface area contributed by atoms with E-state index >= 15 is 0 Å². The molecule has 0 aliphatic heterocycles. The summed E-state index contributed by atoms with van der Waals surface area (Å²) in [5.74, 6) is -0.356. The molecule has 0 aliphatic carbocycles. The number of rotatable bonds is 8. The first-order valence-electron chi connectivity index (χ1n) is 9.02. The zero-order chi connectivity index (χ0) is 22.1. The van der Waals surface area contributed by atoms with Gasteiger partial charge < -0.3 is 10.1 Å². The van der Waals surface area contributed by atoms with Gasteiger partial charge >= 0.3 is 0 Å². The molecule has 0 radical (unpaired) electrons. The molecule has 3 rings (SSSR count). The van der Waals surface area contributed by atoms with Gasteiger partial charge in [-0.05, 0) is 48.0 Å². The van der Waals surface area contributed by atoms with Crippen LogP contribution in [0.4, 0.5) is 11.4 Å². The zero-order valence-electron chi connectivity index (χ0n) is 16.1. The number of nitrogens with zero attached hydrogens (tertiary/aromatic N) is 3. The zero-order valence-corrected chi connectivity index (χ0v) is 16.1. The Bertz CT molecular complexity index is 1100. The maximum atomic E-state index is 12.0. The van der Waals surface area contributed by atoms with E-state index < -0.39 is 10.8 Å². The number of anilines is 1. The Kier molecular flexibility index (Phi) is 6.99. The predicted molar refractivity (Wildman–Crippen MR) is 113 cm³/mol. The minimum absolute atomic E-state index is 0.118. The van der Waals surface area contributed by atoms with Gasteiger partial charge in [-0.15, -0.1) is 0 Å². The van der Waals surface area contributed by atoms with Crippen LogP contribution in [-0.4, -0.2) is 34.5 Å². The monoisotopic (exact) mass is 419 g/mol. The first kappa shape index (κ1) is 21.1. The molecule has 0 fully saturated rings. The topological polar surface area (TPSA) is 136 Å². The first-order valence-corrected chi connectivity index (χ1v) is 9.02. The fourth-order valence-corrected chi connectivity index (χ4v) is 2.43. The Hall–Kier alpha value is -4.60. The Morgan fingerprint density at radius 2 is 1.84 bits per heavy atom. The van der Waals surface area contributed by atoms with E-state index in [4.69, 9.17) is 4.74 Å².